The molecule has 0 bridgehead atoms. The Morgan fingerprint density at radius 2 is 2.11 bits per heavy atom. The molecule has 1 N–H and O–H groups in total. The summed E-state index contributed by atoms with van der Waals surface area (Å²) in [5.74, 6) is 2.66. The van der Waals surface area contributed by atoms with Crippen molar-refractivity contribution in [3.8, 4) is 0 Å². The van der Waals surface area contributed by atoms with E-state index in [-0.39, 0.29) is 0 Å². The molecule has 2 saturated heterocycles. The topological polar surface area (TPSA) is 33.1 Å². The maximum atomic E-state index is 4.28. The molecule has 3 rings (SSSR count). The van der Waals surface area contributed by atoms with Gasteiger partial charge in [0.05, 0.1) is 11.9 Å². The fourth-order valence-corrected chi connectivity index (χ4v) is 4.22. The van der Waals surface area contributed by atoms with Crippen LogP contribution in [0.3, 0.4) is 0 Å². The monoisotopic (exact) mass is 280 g/mol. The van der Waals surface area contributed by atoms with Gasteiger partial charge in [-0.3, -0.25) is 4.68 Å². The van der Waals surface area contributed by atoms with E-state index in [4.69, 9.17) is 0 Å². The molecule has 0 unspecified atom stereocenters. The standard InChI is InChI=1S/C14H24N4S/c1-17-11-14(9-15-17)18-6-2-3-13(10-18)16-12-4-7-19-8-5-12/h9,11-13,16H,2-8,10H2,1H3/t13-/m0/s1. The summed E-state index contributed by atoms with van der Waals surface area (Å²) in [6, 6.07) is 1.40. The van der Waals surface area contributed by atoms with Crippen LogP contribution in [0.15, 0.2) is 12.4 Å². The number of anilines is 1. The average Bonchev–Trinajstić information content (AvgIpc) is 2.87. The van der Waals surface area contributed by atoms with Crippen LogP contribution < -0.4 is 10.2 Å². The van der Waals surface area contributed by atoms with Crippen LogP contribution in [0.5, 0.6) is 0 Å². The second-order valence-electron chi connectivity index (χ2n) is 5.71. The summed E-state index contributed by atoms with van der Waals surface area (Å²) < 4.78 is 1.89. The van der Waals surface area contributed by atoms with Crippen molar-refractivity contribution in [1.29, 1.82) is 0 Å². The molecule has 1 aromatic rings. The van der Waals surface area contributed by atoms with Crippen molar-refractivity contribution in [1.82, 2.24) is 15.1 Å². The summed E-state index contributed by atoms with van der Waals surface area (Å²) in [6.45, 7) is 2.31. The molecule has 19 heavy (non-hydrogen) atoms. The van der Waals surface area contributed by atoms with Gasteiger partial charge in [0, 0.05) is 38.4 Å². The number of nitrogens with zero attached hydrogens (tertiary/aromatic N) is 3. The Balaban J connectivity index is 1.55. The fourth-order valence-electron chi connectivity index (χ4n) is 3.12. The first-order chi connectivity index (χ1) is 9.31. The predicted octanol–water partition coefficient (Wildman–Crippen LogP) is 1.87. The van der Waals surface area contributed by atoms with E-state index >= 15 is 0 Å². The van der Waals surface area contributed by atoms with Gasteiger partial charge in [0.1, 0.15) is 0 Å². The third kappa shape index (κ3) is 3.45. The van der Waals surface area contributed by atoms with Crippen molar-refractivity contribution in [3.63, 3.8) is 0 Å². The van der Waals surface area contributed by atoms with Crippen LogP contribution in [0, 0.1) is 0 Å². The van der Waals surface area contributed by atoms with Crippen LogP contribution in [0.4, 0.5) is 5.69 Å². The Kier molecular flexibility index (Phi) is 4.33. The second kappa shape index (κ2) is 6.18. The van der Waals surface area contributed by atoms with Crippen molar-refractivity contribution in [2.75, 3.05) is 29.5 Å². The largest absolute Gasteiger partial charge is 0.367 e. The zero-order valence-corrected chi connectivity index (χ0v) is 12.5. The summed E-state index contributed by atoms with van der Waals surface area (Å²) in [6.07, 6.45) is 9.40. The van der Waals surface area contributed by atoms with Gasteiger partial charge in [-0.1, -0.05) is 0 Å². The summed E-state index contributed by atoms with van der Waals surface area (Å²) in [7, 11) is 1.99. The van der Waals surface area contributed by atoms with Crippen LogP contribution in [-0.2, 0) is 7.05 Å². The van der Waals surface area contributed by atoms with E-state index in [0.29, 0.717) is 6.04 Å². The molecule has 0 spiro atoms. The first kappa shape index (κ1) is 13.3. The lowest BCUT2D eigenvalue weighted by Crippen LogP contribution is -2.50. The molecule has 5 heteroatoms. The van der Waals surface area contributed by atoms with E-state index in [1.807, 2.05) is 17.9 Å². The number of thioether (sulfide) groups is 1. The Labute approximate surface area is 119 Å². The quantitative estimate of drug-likeness (QED) is 0.916. The predicted molar refractivity (Wildman–Crippen MR) is 81.9 cm³/mol. The Hall–Kier alpha value is -0.680. The number of hydrogen-bond donors (Lipinski definition) is 1. The van der Waals surface area contributed by atoms with Gasteiger partial charge in [-0.2, -0.15) is 16.9 Å². The Morgan fingerprint density at radius 1 is 1.26 bits per heavy atom. The Bertz CT molecular complexity index is 400. The summed E-state index contributed by atoms with van der Waals surface area (Å²) in [5, 5.41) is 8.17. The molecule has 1 atom stereocenters. The third-order valence-electron chi connectivity index (χ3n) is 4.17. The van der Waals surface area contributed by atoms with E-state index in [1.165, 1.54) is 49.4 Å². The van der Waals surface area contributed by atoms with Crippen molar-refractivity contribution >= 4 is 17.4 Å². The molecule has 106 valence electrons. The van der Waals surface area contributed by atoms with Gasteiger partial charge in [0.25, 0.3) is 0 Å². The highest BCUT2D eigenvalue weighted by atomic mass is 32.2. The highest BCUT2D eigenvalue weighted by molar-refractivity contribution is 7.99. The highest BCUT2D eigenvalue weighted by Gasteiger charge is 2.24. The molecule has 0 saturated carbocycles. The van der Waals surface area contributed by atoms with Crippen molar-refractivity contribution in [2.45, 2.75) is 37.8 Å². The molecule has 0 amide bonds. The maximum absolute atomic E-state index is 4.28. The molecule has 2 fully saturated rings. The molecule has 3 heterocycles. The lowest BCUT2D eigenvalue weighted by molar-refractivity contribution is 0.360. The summed E-state index contributed by atoms with van der Waals surface area (Å²) in [4.78, 5) is 2.48. The molecule has 0 aliphatic carbocycles. The van der Waals surface area contributed by atoms with Crippen LogP contribution in [0.25, 0.3) is 0 Å². The molecular weight excluding hydrogens is 256 g/mol. The molecule has 0 radical (unpaired) electrons. The van der Waals surface area contributed by atoms with Crippen LogP contribution in [0.2, 0.25) is 0 Å². The van der Waals surface area contributed by atoms with Crippen LogP contribution >= 0.6 is 11.8 Å². The number of rotatable bonds is 3. The first-order valence-electron chi connectivity index (χ1n) is 7.38. The molecule has 1 aromatic heterocycles. The number of nitrogens with one attached hydrogen (secondary N) is 1. The normalized spacial score (nSPS) is 25.7. The lowest BCUT2D eigenvalue weighted by atomic mass is 10.0. The van der Waals surface area contributed by atoms with Crippen molar-refractivity contribution in [2.24, 2.45) is 7.05 Å². The fraction of sp³-hybridized carbons (Fsp3) is 0.786. The zero-order valence-electron chi connectivity index (χ0n) is 11.7. The van der Waals surface area contributed by atoms with E-state index in [0.717, 1.165) is 12.6 Å². The second-order valence-corrected chi connectivity index (χ2v) is 6.94. The number of piperidine rings is 1. The molecule has 4 nitrogen and oxygen atoms in total. The average molecular weight is 280 g/mol. The van der Waals surface area contributed by atoms with Gasteiger partial charge in [-0.05, 0) is 37.2 Å². The summed E-state index contributed by atoms with van der Waals surface area (Å²) >= 11 is 2.10. The Morgan fingerprint density at radius 3 is 2.84 bits per heavy atom. The summed E-state index contributed by atoms with van der Waals surface area (Å²) in [5.41, 5.74) is 1.27. The smallest absolute Gasteiger partial charge is 0.0752 e. The van der Waals surface area contributed by atoms with E-state index < -0.39 is 0 Å². The third-order valence-corrected chi connectivity index (χ3v) is 5.22. The van der Waals surface area contributed by atoms with Gasteiger partial charge in [0.15, 0.2) is 0 Å². The van der Waals surface area contributed by atoms with E-state index in [1.54, 1.807) is 0 Å². The zero-order chi connectivity index (χ0) is 13.1. The minimum absolute atomic E-state index is 0.655. The maximum Gasteiger partial charge on any atom is 0.0752 e. The molecule has 0 aromatic carbocycles. The number of aromatic nitrogens is 2. The van der Waals surface area contributed by atoms with Gasteiger partial charge in [-0.25, -0.2) is 0 Å². The van der Waals surface area contributed by atoms with Crippen LogP contribution in [-0.4, -0.2) is 46.5 Å². The number of aryl methyl sites for hydroxylation is 1. The van der Waals surface area contributed by atoms with Gasteiger partial charge in [-0.15, -0.1) is 0 Å². The van der Waals surface area contributed by atoms with Crippen LogP contribution in [0.1, 0.15) is 25.7 Å². The number of hydrogen-bond acceptors (Lipinski definition) is 4. The first-order valence-corrected chi connectivity index (χ1v) is 8.54. The van der Waals surface area contributed by atoms with Gasteiger partial charge >= 0.3 is 0 Å². The van der Waals surface area contributed by atoms with Crippen molar-refractivity contribution in [3.05, 3.63) is 12.4 Å². The lowest BCUT2D eigenvalue weighted by Gasteiger charge is -2.36. The van der Waals surface area contributed by atoms with E-state index in [2.05, 4.69) is 33.3 Å². The molecule has 2 aliphatic heterocycles. The highest BCUT2D eigenvalue weighted by Crippen LogP contribution is 2.22. The molecular formula is C14H24N4S. The van der Waals surface area contributed by atoms with E-state index in [9.17, 15) is 0 Å². The van der Waals surface area contributed by atoms with Gasteiger partial charge in [0.2, 0.25) is 0 Å². The van der Waals surface area contributed by atoms with Crippen molar-refractivity contribution < 1.29 is 0 Å². The minimum Gasteiger partial charge on any atom is -0.367 e. The SMILES string of the molecule is Cn1cc(N2CCC[C@H](NC3CCSCC3)C2)cn1. The molecule has 2 aliphatic rings. The minimum atomic E-state index is 0.655. The van der Waals surface area contributed by atoms with Gasteiger partial charge < -0.3 is 10.2 Å².